The van der Waals surface area contributed by atoms with Gasteiger partial charge in [0.15, 0.2) is 0 Å². The Bertz CT molecular complexity index is 477. The average molecular weight is 290 g/mol. The van der Waals surface area contributed by atoms with Crippen molar-refractivity contribution in [2.24, 2.45) is 0 Å². The van der Waals surface area contributed by atoms with Gasteiger partial charge in [-0.25, -0.2) is 0 Å². The molecule has 0 aromatic heterocycles. The Labute approximate surface area is 129 Å². The second-order valence-corrected chi connectivity index (χ2v) is 6.22. The van der Waals surface area contributed by atoms with E-state index in [9.17, 15) is 0 Å². The van der Waals surface area contributed by atoms with Crippen LogP contribution in [0.5, 0.6) is 0 Å². The van der Waals surface area contributed by atoms with Crippen LogP contribution in [0, 0.1) is 13.8 Å². The number of nitrogens with zero attached hydrogens (tertiary/aromatic N) is 1. The van der Waals surface area contributed by atoms with Crippen LogP contribution >= 0.6 is 0 Å². The lowest BCUT2D eigenvalue weighted by Crippen LogP contribution is -3.00. The molecule has 0 aliphatic rings. The van der Waals surface area contributed by atoms with Gasteiger partial charge < -0.3 is 16.9 Å². The van der Waals surface area contributed by atoms with Gasteiger partial charge in [-0.2, -0.15) is 0 Å². The fourth-order valence-corrected chi connectivity index (χ4v) is 2.43. The first-order valence-corrected chi connectivity index (χ1v) is 6.88. The molecular weight excluding hydrogens is 266 g/mol. The second-order valence-electron chi connectivity index (χ2n) is 6.22. The Morgan fingerprint density at radius 1 is 0.650 bits per heavy atom. The van der Waals surface area contributed by atoms with Gasteiger partial charge >= 0.3 is 0 Å². The molecule has 2 rings (SSSR count). The number of quaternary nitrogens is 1. The zero-order valence-electron chi connectivity index (χ0n) is 12.9. The van der Waals surface area contributed by atoms with Crippen molar-refractivity contribution in [3.63, 3.8) is 0 Å². The van der Waals surface area contributed by atoms with Crippen LogP contribution in [0.25, 0.3) is 0 Å². The molecule has 0 aliphatic carbocycles. The summed E-state index contributed by atoms with van der Waals surface area (Å²) in [5.74, 6) is 0. The van der Waals surface area contributed by atoms with Gasteiger partial charge in [-0.15, -0.1) is 0 Å². The van der Waals surface area contributed by atoms with Gasteiger partial charge in [-0.1, -0.05) is 59.7 Å². The van der Waals surface area contributed by atoms with Crippen LogP contribution < -0.4 is 12.4 Å². The highest BCUT2D eigenvalue weighted by Gasteiger charge is 2.16. The van der Waals surface area contributed by atoms with Crippen molar-refractivity contribution in [3.05, 3.63) is 70.8 Å². The van der Waals surface area contributed by atoms with E-state index in [0.717, 1.165) is 17.6 Å². The zero-order valence-corrected chi connectivity index (χ0v) is 13.6. The minimum atomic E-state index is 0. The van der Waals surface area contributed by atoms with Gasteiger partial charge in [0.2, 0.25) is 0 Å². The van der Waals surface area contributed by atoms with Crippen LogP contribution in [0.2, 0.25) is 0 Å². The van der Waals surface area contributed by atoms with Crippen molar-refractivity contribution in [2.45, 2.75) is 26.9 Å². The maximum Gasteiger partial charge on any atom is 0.104 e. The quantitative estimate of drug-likeness (QED) is 0.739. The smallest absolute Gasteiger partial charge is 0.104 e. The van der Waals surface area contributed by atoms with Crippen molar-refractivity contribution in [1.82, 2.24) is 0 Å². The summed E-state index contributed by atoms with van der Waals surface area (Å²) in [6.45, 7) is 6.40. The molecule has 2 aromatic rings. The molecule has 0 unspecified atom stereocenters. The van der Waals surface area contributed by atoms with Crippen LogP contribution in [0.3, 0.4) is 0 Å². The summed E-state index contributed by atoms with van der Waals surface area (Å²) in [6.07, 6.45) is 0. The van der Waals surface area contributed by atoms with E-state index in [1.807, 2.05) is 0 Å². The molecule has 2 aromatic carbocycles. The van der Waals surface area contributed by atoms with Crippen molar-refractivity contribution in [2.75, 3.05) is 14.1 Å². The standard InChI is InChI=1S/C18H24N.ClH/c1-15-5-9-17(10-6-15)13-19(3,4)14-18-11-7-16(2)8-12-18;/h5-12H,13-14H2,1-4H3;1H/q+1;/p-1. The number of aryl methyl sites for hydroxylation is 2. The minimum absolute atomic E-state index is 0. The molecule has 0 aliphatic heterocycles. The molecule has 0 N–H and O–H groups in total. The van der Waals surface area contributed by atoms with Crippen molar-refractivity contribution < 1.29 is 16.9 Å². The first-order chi connectivity index (χ1) is 8.94. The van der Waals surface area contributed by atoms with Crippen LogP contribution in [-0.4, -0.2) is 18.6 Å². The molecule has 0 radical (unpaired) electrons. The Balaban J connectivity index is 0.00000200. The van der Waals surface area contributed by atoms with E-state index >= 15 is 0 Å². The predicted octanol–water partition coefficient (Wildman–Crippen LogP) is 1.08. The maximum atomic E-state index is 2.29. The third-order valence-electron chi connectivity index (χ3n) is 3.46. The molecule has 0 heterocycles. The van der Waals surface area contributed by atoms with E-state index in [0.29, 0.717) is 0 Å². The van der Waals surface area contributed by atoms with Gasteiger partial charge in [-0.05, 0) is 13.8 Å². The molecule has 0 atom stereocenters. The Morgan fingerprint density at radius 3 is 1.25 bits per heavy atom. The largest absolute Gasteiger partial charge is 1.00 e. The molecule has 2 heteroatoms. The normalized spacial score (nSPS) is 11.0. The molecule has 108 valence electrons. The lowest BCUT2D eigenvalue weighted by molar-refractivity contribution is -0.916. The first kappa shape index (κ1) is 16.7. The third kappa shape index (κ3) is 4.99. The van der Waals surface area contributed by atoms with E-state index in [1.54, 1.807) is 0 Å². The zero-order chi connectivity index (χ0) is 13.9. The average Bonchev–Trinajstić information content (AvgIpc) is 2.34. The van der Waals surface area contributed by atoms with Crippen molar-refractivity contribution >= 4 is 0 Å². The SMILES string of the molecule is Cc1ccc(C[N+](C)(C)Cc2ccc(C)cc2)cc1.[Cl-]. The highest BCUT2D eigenvalue weighted by molar-refractivity contribution is 5.22. The third-order valence-corrected chi connectivity index (χ3v) is 3.46. The van der Waals surface area contributed by atoms with Gasteiger partial charge in [0.25, 0.3) is 0 Å². The molecule has 1 nitrogen and oxygen atoms in total. The fraction of sp³-hybridized carbons (Fsp3) is 0.333. The monoisotopic (exact) mass is 289 g/mol. The summed E-state index contributed by atoms with van der Waals surface area (Å²) in [6, 6.07) is 17.7. The summed E-state index contributed by atoms with van der Waals surface area (Å²) < 4.78 is 0.978. The first-order valence-electron chi connectivity index (χ1n) is 6.88. The van der Waals surface area contributed by atoms with Gasteiger partial charge in [-0.3, -0.25) is 0 Å². The summed E-state index contributed by atoms with van der Waals surface area (Å²) in [4.78, 5) is 0. The summed E-state index contributed by atoms with van der Waals surface area (Å²) in [7, 11) is 4.58. The van der Waals surface area contributed by atoms with Gasteiger partial charge in [0.1, 0.15) is 13.1 Å². The van der Waals surface area contributed by atoms with Crippen LogP contribution in [-0.2, 0) is 13.1 Å². The molecule has 0 spiro atoms. The maximum absolute atomic E-state index is 2.29. The molecule has 0 amide bonds. The molecule has 0 fully saturated rings. The summed E-state index contributed by atoms with van der Waals surface area (Å²) in [5, 5.41) is 0. The second kappa shape index (κ2) is 6.92. The van der Waals surface area contributed by atoms with Crippen LogP contribution in [0.4, 0.5) is 0 Å². The Kier molecular flexibility index (Phi) is 5.79. The number of hydrogen-bond acceptors (Lipinski definition) is 0. The predicted molar refractivity (Wildman–Crippen MR) is 81.9 cm³/mol. The highest BCUT2D eigenvalue weighted by atomic mass is 35.5. The summed E-state index contributed by atoms with van der Waals surface area (Å²) in [5.41, 5.74) is 5.46. The lowest BCUT2D eigenvalue weighted by atomic mass is 10.1. The fourth-order valence-electron chi connectivity index (χ4n) is 2.43. The number of benzene rings is 2. The van der Waals surface area contributed by atoms with Gasteiger partial charge in [0.05, 0.1) is 14.1 Å². The number of halogens is 1. The summed E-state index contributed by atoms with van der Waals surface area (Å²) >= 11 is 0. The Hall–Kier alpha value is -1.31. The number of rotatable bonds is 4. The van der Waals surface area contributed by atoms with Crippen molar-refractivity contribution in [3.8, 4) is 0 Å². The van der Waals surface area contributed by atoms with Crippen LogP contribution in [0.15, 0.2) is 48.5 Å². The van der Waals surface area contributed by atoms with Crippen molar-refractivity contribution in [1.29, 1.82) is 0 Å². The van der Waals surface area contributed by atoms with E-state index in [4.69, 9.17) is 0 Å². The molecule has 20 heavy (non-hydrogen) atoms. The highest BCUT2D eigenvalue weighted by Crippen LogP contribution is 2.15. The molecule has 0 saturated heterocycles. The van der Waals surface area contributed by atoms with E-state index in [-0.39, 0.29) is 12.4 Å². The molecule has 0 saturated carbocycles. The number of hydrogen-bond donors (Lipinski definition) is 0. The topological polar surface area (TPSA) is 0 Å². The molecule has 0 bridgehead atoms. The van der Waals surface area contributed by atoms with E-state index < -0.39 is 0 Å². The Morgan fingerprint density at radius 2 is 0.950 bits per heavy atom. The van der Waals surface area contributed by atoms with E-state index in [1.165, 1.54) is 22.3 Å². The van der Waals surface area contributed by atoms with Crippen LogP contribution in [0.1, 0.15) is 22.3 Å². The van der Waals surface area contributed by atoms with Gasteiger partial charge in [0, 0.05) is 11.1 Å². The minimum Gasteiger partial charge on any atom is -1.00 e. The molecular formula is C18H24ClN. The van der Waals surface area contributed by atoms with E-state index in [2.05, 4.69) is 76.5 Å². The lowest BCUT2D eigenvalue weighted by Gasteiger charge is -2.30.